The van der Waals surface area contributed by atoms with Crippen molar-refractivity contribution in [2.45, 2.75) is 59.1 Å². The average Bonchev–Trinajstić information content (AvgIpc) is 2.83. The van der Waals surface area contributed by atoms with E-state index in [9.17, 15) is 4.79 Å². The maximum Gasteiger partial charge on any atom is 0.410 e. The molecule has 1 fully saturated rings. The number of nitrogens with zero attached hydrogens (tertiary/aromatic N) is 3. The van der Waals surface area contributed by atoms with Gasteiger partial charge in [0.15, 0.2) is 0 Å². The van der Waals surface area contributed by atoms with Crippen molar-refractivity contribution in [3.05, 3.63) is 27.0 Å². The number of aryl methyl sites for hydroxylation is 2. The molecule has 0 saturated carbocycles. The maximum atomic E-state index is 12.2. The number of likely N-dealkylation sites (tertiary alicyclic amines) is 1. The molecule has 1 aliphatic rings. The number of carbonyl (C=O) groups is 1. The summed E-state index contributed by atoms with van der Waals surface area (Å²) in [5.74, 6) is 0. The average molecular weight is 455 g/mol. The van der Waals surface area contributed by atoms with E-state index in [0.717, 1.165) is 18.4 Å². The van der Waals surface area contributed by atoms with Crippen LogP contribution >= 0.6 is 22.6 Å². The fourth-order valence-electron chi connectivity index (χ4n) is 3.39. The molecule has 0 radical (unpaired) electrons. The molecule has 1 aliphatic heterocycles. The molecule has 0 bridgehead atoms. The third-order valence-electron chi connectivity index (χ3n) is 4.54. The lowest BCUT2D eigenvalue weighted by Crippen LogP contribution is -2.42. The van der Waals surface area contributed by atoms with Gasteiger partial charge in [0, 0.05) is 18.5 Å². The predicted molar refractivity (Wildman–Crippen MR) is 108 cm³/mol. The topological polar surface area (TPSA) is 47.4 Å². The van der Waals surface area contributed by atoms with Crippen molar-refractivity contribution < 1.29 is 9.53 Å². The minimum absolute atomic E-state index is 0.210. The molecule has 1 aromatic heterocycles. The second kappa shape index (κ2) is 6.78. The number of amides is 1. The van der Waals surface area contributed by atoms with Crippen molar-refractivity contribution in [3.8, 4) is 0 Å². The Hall–Kier alpha value is -1.31. The van der Waals surface area contributed by atoms with Crippen molar-refractivity contribution in [2.75, 3.05) is 13.1 Å². The third kappa shape index (κ3) is 3.93. The summed E-state index contributed by atoms with van der Waals surface area (Å²) in [4.78, 5) is 14.0. The van der Waals surface area contributed by atoms with Gasteiger partial charge in [0.1, 0.15) is 9.30 Å². The van der Waals surface area contributed by atoms with Crippen molar-refractivity contribution in [1.29, 1.82) is 0 Å². The Kier molecular flexibility index (Phi) is 5.01. The van der Waals surface area contributed by atoms with E-state index in [1.807, 2.05) is 25.7 Å². The highest BCUT2D eigenvalue weighted by atomic mass is 127. The lowest BCUT2D eigenvalue weighted by molar-refractivity contribution is 0.0184. The fraction of sp³-hybridized carbons (Fsp3) is 0.579. The number of ether oxygens (including phenoxy) is 1. The van der Waals surface area contributed by atoms with Crippen LogP contribution in [0.4, 0.5) is 4.79 Å². The Morgan fingerprint density at radius 1 is 1.24 bits per heavy atom. The number of aromatic nitrogens is 2. The van der Waals surface area contributed by atoms with Crippen LogP contribution in [0.2, 0.25) is 0 Å². The number of carbonyl (C=O) groups excluding carboxylic acids is 1. The van der Waals surface area contributed by atoms with Gasteiger partial charge in [-0.05, 0) is 81.7 Å². The molecule has 1 saturated heterocycles. The van der Waals surface area contributed by atoms with E-state index in [4.69, 9.17) is 9.84 Å². The quantitative estimate of drug-likeness (QED) is 0.579. The van der Waals surface area contributed by atoms with Crippen molar-refractivity contribution in [3.63, 3.8) is 0 Å². The number of hydrogen-bond donors (Lipinski definition) is 0. The molecule has 0 atom stereocenters. The Balaban J connectivity index is 1.75. The van der Waals surface area contributed by atoms with E-state index in [-0.39, 0.29) is 6.09 Å². The monoisotopic (exact) mass is 455 g/mol. The van der Waals surface area contributed by atoms with Gasteiger partial charge in [-0.15, -0.1) is 0 Å². The van der Waals surface area contributed by atoms with E-state index in [1.54, 1.807) is 0 Å². The fourth-order valence-corrected chi connectivity index (χ4v) is 4.30. The Bertz CT molecular complexity index is 799. The van der Waals surface area contributed by atoms with Gasteiger partial charge >= 0.3 is 6.09 Å². The van der Waals surface area contributed by atoms with E-state index >= 15 is 0 Å². The van der Waals surface area contributed by atoms with Crippen LogP contribution in [-0.4, -0.2) is 39.5 Å². The second-order valence-corrected chi connectivity index (χ2v) is 8.93. The summed E-state index contributed by atoms with van der Waals surface area (Å²) in [5.41, 5.74) is 3.13. The van der Waals surface area contributed by atoms with Crippen molar-refractivity contribution in [1.82, 2.24) is 14.7 Å². The highest BCUT2D eigenvalue weighted by Crippen LogP contribution is 2.31. The highest BCUT2D eigenvalue weighted by molar-refractivity contribution is 14.1. The molecular formula is C19H26IN3O2. The molecular weight excluding hydrogens is 429 g/mol. The molecule has 1 aromatic carbocycles. The SMILES string of the molecule is Cc1cc(C)c2nn(C3CCN(C(=O)OC(C)(C)C)CC3)c(I)c2c1. The number of fused-ring (bicyclic) bond motifs is 1. The van der Waals surface area contributed by atoms with Gasteiger partial charge in [0.25, 0.3) is 0 Å². The van der Waals surface area contributed by atoms with Crippen LogP contribution in [-0.2, 0) is 4.74 Å². The summed E-state index contributed by atoms with van der Waals surface area (Å²) in [6.45, 7) is 11.4. The minimum Gasteiger partial charge on any atom is -0.444 e. The Morgan fingerprint density at radius 2 is 1.88 bits per heavy atom. The molecule has 0 spiro atoms. The van der Waals surface area contributed by atoms with Crippen LogP contribution in [0.1, 0.15) is 50.8 Å². The van der Waals surface area contributed by atoms with Crippen LogP contribution in [0, 0.1) is 17.5 Å². The predicted octanol–water partition coefficient (Wildman–Crippen LogP) is 4.83. The molecule has 6 heteroatoms. The van der Waals surface area contributed by atoms with E-state index in [1.165, 1.54) is 20.2 Å². The summed E-state index contributed by atoms with van der Waals surface area (Å²) in [5, 5.41) is 6.11. The van der Waals surface area contributed by atoms with Gasteiger partial charge in [-0.1, -0.05) is 11.6 Å². The zero-order valence-corrected chi connectivity index (χ0v) is 17.8. The molecule has 1 amide bonds. The van der Waals surface area contributed by atoms with Gasteiger partial charge in [-0.25, -0.2) is 4.79 Å². The summed E-state index contributed by atoms with van der Waals surface area (Å²) in [7, 11) is 0. The smallest absolute Gasteiger partial charge is 0.410 e. The summed E-state index contributed by atoms with van der Waals surface area (Å²) < 4.78 is 8.83. The molecule has 136 valence electrons. The third-order valence-corrected chi connectivity index (χ3v) is 5.61. The number of rotatable bonds is 1. The first kappa shape index (κ1) is 18.5. The molecule has 2 heterocycles. The highest BCUT2D eigenvalue weighted by Gasteiger charge is 2.29. The molecule has 25 heavy (non-hydrogen) atoms. The lowest BCUT2D eigenvalue weighted by atomic mass is 10.1. The number of hydrogen-bond acceptors (Lipinski definition) is 3. The first-order valence-corrected chi connectivity index (χ1v) is 9.86. The Morgan fingerprint density at radius 3 is 2.48 bits per heavy atom. The van der Waals surface area contributed by atoms with Gasteiger partial charge < -0.3 is 9.64 Å². The summed E-state index contributed by atoms with van der Waals surface area (Å²) in [6, 6.07) is 4.72. The zero-order chi connectivity index (χ0) is 18.4. The first-order valence-electron chi connectivity index (χ1n) is 8.78. The summed E-state index contributed by atoms with van der Waals surface area (Å²) >= 11 is 2.40. The maximum absolute atomic E-state index is 12.2. The molecule has 2 aromatic rings. The van der Waals surface area contributed by atoms with E-state index < -0.39 is 5.60 Å². The van der Waals surface area contributed by atoms with Gasteiger partial charge in [-0.2, -0.15) is 5.10 Å². The van der Waals surface area contributed by atoms with Crippen LogP contribution in [0.3, 0.4) is 0 Å². The molecule has 0 unspecified atom stereocenters. The van der Waals surface area contributed by atoms with Crippen LogP contribution in [0.25, 0.3) is 10.9 Å². The zero-order valence-electron chi connectivity index (χ0n) is 15.6. The molecule has 5 nitrogen and oxygen atoms in total. The second-order valence-electron chi connectivity index (χ2n) is 7.91. The number of piperidine rings is 1. The van der Waals surface area contributed by atoms with Crippen LogP contribution in [0.15, 0.2) is 12.1 Å². The van der Waals surface area contributed by atoms with Gasteiger partial charge in [0.05, 0.1) is 11.6 Å². The van der Waals surface area contributed by atoms with Crippen LogP contribution in [0.5, 0.6) is 0 Å². The van der Waals surface area contributed by atoms with Gasteiger partial charge in [0.2, 0.25) is 0 Å². The van der Waals surface area contributed by atoms with Crippen LogP contribution < -0.4 is 0 Å². The van der Waals surface area contributed by atoms with Gasteiger partial charge in [-0.3, -0.25) is 4.68 Å². The molecule has 0 N–H and O–H groups in total. The normalized spacial score (nSPS) is 16.5. The van der Waals surface area contributed by atoms with Crippen molar-refractivity contribution >= 4 is 39.6 Å². The standard InChI is InChI=1S/C19H26IN3O2/c1-12-10-13(2)16-15(11-12)17(20)23(21-16)14-6-8-22(9-7-14)18(24)25-19(3,4)5/h10-11,14H,6-9H2,1-5H3. The largest absolute Gasteiger partial charge is 0.444 e. The van der Waals surface area contributed by atoms with E-state index in [2.05, 4.69) is 53.3 Å². The molecule has 3 rings (SSSR count). The molecule has 0 aliphatic carbocycles. The lowest BCUT2D eigenvalue weighted by Gasteiger charge is -2.33. The number of benzene rings is 1. The van der Waals surface area contributed by atoms with Crippen molar-refractivity contribution in [2.24, 2.45) is 0 Å². The van der Waals surface area contributed by atoms with E-state index in [0.29, 0.717) is 19.1 Å². The minimum atomic E-state index is -0.446. The number of halogens is 1. The Labute approximate surface area is 162 Å². The summed E-state index contributed by atoms with van der Waals surface area (Å²) in [6.07, 6.45) is 1.60. The first-order chi connectivity index (χ1) is 11.7.